The number of allylic oxidation sites excluding steroid dienone is 3. The van der Waals surface area contributed by atoms with Crippen molar-refractivity contribution in [3.8, 4) is 27.7 Å². The fourth-order valence-corrected chi connectivity index (χ4v) is 4.06. The summed E-state index contributed by atoms with van der Waals surface area (Å²) in [6.45, 7) is 4.34. The third-order valence-corrected chi connectivity index (χ3v) is 5.68. The van der Waals surface area contributed by atoms with Crippen LogP contribution in [0.4, 0.5) is 0 Å². The van der Waals surface area contributed by atoms with Crippen LogP contribution < -0.4 is 25.9 Å². The van der Waals surface area contributed by atoms with Crippen molar-refractivity contribution < 1.29 is 14.2 Å². The summed E-state index contributed by atoms with van der Waals surface area (Å²) in [5.74, 6) is 13.9. The Morgan fingerprint density at radius 3 is 2.73 bits per heavy atom. The molecule has 0 spiro atoms. The van der Waals surface area contributed by atoms with Gasteiger partial charge in [0.05, 0.1) is 12.0 Å². The third kappa shape index (κ3) is 4.27. The molecule has 0 aliphatic carbocycles. The minimum absolute atomic E-state index is 0.190. The number of aromatic nitrogens is 1. The van der Waals surface area contributed by atoms with Gasteiger partial charge >= 0.3 is 0 Å². The summed E-state index contributed by atoms with van der Waals surface area (Å²) in [5, 5.41) is 5.23. The van der Waals surface area contributed by atoms with Crippen molar-refractivity contribution in [3.63, 3.8) is 0 Å². The van der Waals surface area contributed by atoms with E-state index < -0.39 is 0 Å². The molecule has 1 aliphatic rings. The predicted octanol–water partition coefficient (Wildman–Crippen LogP) is 3.75. The molecule has 8 nitrogen and oxygen atoms in total. The number of likely N-dealkylation sites (N-methyl/N-ethyl adjacent to an activating group) is 1. The van der Waals surface area contributed by atoms with E-state index in [0.29, 0.717) is 23.1 Å². The zero-order valence-electron chi connectivity index (χ0n) is 17.6. The highest BCUT2D eigenvalue weighted by atomic mass is 32.1. The maximum Gasteiger partial charge on any atom is 0.231 e. The summed E-state index contributed by atoms with van der Waals surface area (Å²) < 4.78 is 21.0. The topological polar surface area (TPSA) is 108 Å². The van der Waals surface area contributed by atoms with Crippen molar-refractivity contribution in [1.29, 1.82) is 0 Å². The van der Waals surface area contributed by atoms with E-state index in [1.807, 2.05) is 31.3 Å². The van der Waals surface area contributed by atoms with Gasteiger partial charge in [0.1, 0.15) is 0 Å². The lowest BCUT2D eigenvalue weighted by molar-refractivity contribution is 0.171. The van der Waals surface area contributed by atoms with Gasteiger partial charge in [-0.1, -0.05) is 26.0 Å². The highest BCUT2D eigenvalue weighted by molar-refractivity contribution is 7.09. The first-order chi connectivity index (χ1) is 14.5. The molecular weight excluding hydrogens is 402 g/mol. The van der Waals surface area contributed by atoms with Crippen LogP contribution in [-0.4, -0.2) is 36.2 Å². The molecule has 160 valence electrons. The number of hydrogen-bond donors (Lipinski definition) is 2. The van der Waals surface area contributed by atoms with Crippen molar-refractivity contribution in [1.82, 2.24) is 9.38 Å². The first-order valence-corrected chi connectivity index (χ1v) is 10.4. The van der Waals surface area contributed by atoms with E-state index in [4.69, 9.17) is 25.9 Å². The highest BCUT2D eigenvalue weighted by Gasteiger charge is 2.22. The molecule has 0 saturated carbocycles. The molecule has 2 aromatic rings. The number of methoxy groups -OCH3 is 1. The molecule has 0 atom stereocenters. The maximum absolute atomic E-state index is 5.85. The molecule has 0 saturated heterocycles. The molecular formula is C21H27N5O3S. The van der Waals surface area contributed by atoms with E-state index in [1.54, 1.807) is 14.2 Å². The van der Waals surface area contributed by atoms with Gasteiger partial charge in [-0.2, -0.15) is 9.47 Å². The first kappa shape index (κ1) is 21.7. The second-order valence-corrected chi connectivity index (χ2v) is 7.44. The summed E-state index contributed by atoms with van der Waals surface area (Å²) in [5.41, 5.74) is 4.11. The quantitative estimate of drug-likeness (QED) is 0.227. The SMILES string of the molecule is CCC(=C\C=C(/CC)c1cnsc1-c1cc(OC)c2c(c1)OCO2)/C(=N/N)N(C)N. The molecule has 2 heterocycles. The number of hydrazine groups is 1. The average Bonchev–Trinajstić information content (AvgIpc) is 3.41. The van der Waals surface area contributed by atoms with E-state index in [-0.39, 0.29) is 6.79 Å². The van der Waals surface area contributed by atoms with Crippen molar-refractivity contribution in [2.45, 2.75) is 26.7 Å². The minimum Gasteiger partial charge on any atom is -0.493 e. The zero-order valence-corrected chi connectivity index (χ0v) is 18.5. The number of amidine groups is 1. The van der Waals surface area contributed by atoms with Gasteiger partial charge in [0.15, 0.2) is 17.3 Å². The molecule has 0 unspecified atom stereocenters. The largest absolute Gasteiger partial charge is 0.493 e. The smallest absolute Gasteiger partial charge is 0.231 e. The van der Waals surface area contributed by atoms with Crippen molar-refractivity contribution in [2.75, 3.05) is 21.0 Å². The Morgan fingerprint density at radius 1 is 1.30 bits per heavy atom. The summed E-state index contributed by atoms with van der Waals surface area (Å²) in [6.07, 6.45) is 7.55. The lowest BCUT2D eigenvalue weighted by Gasteiger charge is -2.16. The van der Waals surface area contributed by atoms with Gasteiger partial charge in [-0.3, -0.25) is 5.01 Å². The van der Waals surface area contributed by atoms with Crippen LogP contribution in [0.25, 0.3) is 16.0 Å². The fourth-order valence-electron chi connectivity index (χ4n) is 3.29. The number of benzene rings is 1. The Bertz CT molecular complexity index is 995. The first-order valence-electron chi connectivity index (χ1n) is 9.63. The van der Waals surface area contributed by atoms with Crippen LogP contribution in [-0.2, 0) is 0 Å². The van der Waals surface area contributed by atoms with Crippen LogP contribution >= 0.6 is 11.5 Å². The van der Waals surface area contributed by atoms with Crippen molar-refractivity contribution in [2.24, 2.45) is 16.8 Å². The Labute approximate surface area is 180 Å². The molecule has 9 heteroatoms. The van der Waals surface area contributed by atoms with Gasteiger partial charge in [0.25, 0.3) is 0 Å². The number of nitrogens with two attached hydrogens (primary N) is 2. The van der Waals surface area contributed by atoms with Gasteiger partial charge in [-0.15, -0.1) is 0 Å². The summed E-state index contributed by atoms with van der Waals surface area (Å²) >= 11 is 1.43. The number of rotatable bonds is 7. The van der Waals surface area contributed by atoms with Crippen LogP contribution in [0.3, 0.4) is 0 Å². The lowest BCUT2D eigenvalue weighted by Crippen LogP contribution is -2.35. The molecule has 0 fully saturated rings. The Morgan fingerprint density at radius 2 is 2.10 bits per heavy atom. The summed E-state index contributed by atoms with van der Waals surface area (Å²) in [4.78, 5) is 1.04. The standard InChI is InChI=1S/C21H27N5O3S/c1-5-13(7-8-14(6-2)21(25-22)26(3)23)16-11-24-30-20(16)15-9-17(27-4)19-18(10-15)28-12-29-19/h7-11H,5-6,12,22-23H2,1-4H3/b13-7+,14-8+,25-21-. The van der Waals surface area contributed by atoms with Crippen LogP contribution in [0.5, 0.6) is 17.2 Å². The molecule has 4 N–H and O–H groups in total. The number of ether oxygens (including phenoxy) is 3. The second kappa shape index (κ2) is 9.64. The molecule has 1 aliphatic heterocycles. The van der Waals surface area contributed by atoms with Gasteiger partial charge in [0.2, 0.25) is 12.5 Å². The lowest BCUT2D eigenvalue weighted by atomic mass is 9.99. The Hall–Kier alpha value is -3.04. The number of hydrogen-bond acceptors (Lipinski definition) is 8. The van der Waals surface area contributed by atoms with Crippen molar-refractivity contribution in [3.05, 3.63) is 41.6 Å². The predicted molar refractivity (Wildman–Crippen MR) is 120 cm³/mol. The van der Waals surface area contributed by atoms with E-state index >= 15 is 0 Å². The summed E-state index contributed by atoms with van der Waals surface area (Å²) in [6, 6.07) is 3.92. The number of hydrazone groups is 1. The average molecular weight is 430 g/mol. The van der Waals surface area contributed by atoms with Gasteiger partial charge < -0.3 is 20.1 Å². The maximum atomic E-state index is 5.85. The van der Waals surface area contributed by atoms with Gasteiger partial charge in [-0.05, 0) is 47.7 Å². The van der Waals surface area contributed by atoms with Crippen LogP contribution in [0.15, 0.2) is 41.2 Å². The molecule has 3 rings (SSSR count). The monoisotopic (exact) mass is 429 g/mol. The third-order valence-electron chi connectivity index (χ3n) is 4.83. The molecule has 1 aromatic carbocycles. The highest BCUT2D eigenvalue weighted by Crippen LogP contribution is 2.46. The Balaban J connectivity index is 2.03. The number of fused-ring (bicyclic) bond motifs is 1. The molecule has 0 bridgehead atoms. The summed E-state index contributed by atoms with van der Waals surface area (Å²) in [7, 11) is 3.34. The molecule has 0 radical (unpaired) electrons. The van der Waals surface area contributed by atoms with Crippen LogP contribution in [0.1, 0.15) is 32.3 Å². The van der Waals surface area contributed by atoms with Gasteiger partial charge in [-0.25, -0.2) is 5.84 Å². The molecule has 0 amide bonds. The second-order valence-electron chi connectivity index (χ2n) is 6.64. The molecule has 1 aromatic heterocycles. The van der Waals surface area contributed by atoms with E-state index in [0.717, 1.165) is 40.0 Å². The minimum atomic E-state index is 0.190. The van der Waals surface area contributed by atoms with E-state index in [2.05, 4.69) is 22.5 Å². The van der Waals surface area contributed by atoms with Crippen LogP contribution in [0, 0.1) is 0 Å². The fraction of sp³-hybridized carbons (Fsp3) is 0.333. The normalized spacial score (nSPS) is 14.2. The van der Waals surface area contributed by atoms with Crippen molar-refractivity contribution >= 4 is 22.9 Å². The number of nitrogens with zero attached hydrogens (tertiary/aromatic N) is 3. The zero-order chi connectivity index (χ0) is 21.7. The van der Waals surface area contributed by atoms with E-state index in [9.17, 15) is 0 Å². The van der Waals surface area contributed by atoms with E-state index in [1.165, 1.54) is 16.5 Å². The van der Waals surface area contributed by atoms with Gasteiger partial charge in [0, 0.05) is 24.4 Å². The van der Waals surface area contributed by atoms with Crippen LogP contribution in [0.2, 0.25) is 0 Å². The molecule has 30 heavy (non-hydrogen) atoms. The Kier molecular flexibility index (Phi) is 6.96.